The second-order valence-corrected chi connectivity index (χ2v) is 11.7. The molecule has 2 amide bonds. The molecule has 1 saturated heterocycles. The van der Waals surface area contributed by atoms with Gasteiger partial charge >= 0.3 is 5.97 Å². The Balaban J connectivity index is 1.31. The highest BCUT2D eigenvalue weighted by Gasteiger charge is 2.30. The molecule has 3 aromatic rings. The molecule has 220 valence electrons. The number of nitrogens with zero attached hydrogens (tertiary/aromatic N) is 5. The Kier molecular flexibility index (Phi) is 8.92. The number of halogens is 2. The lowest BCUT2D eigenvalue weighted by atomic mass is 9.96. The van der Waals surface area contributed by atoms with Crippen molar-refractivity contribution in [1.82, 2.24) is 20.1 Å². The van der Waals surface area contributed by atoms with Crippen molar-refractivity contribution in [2.45, 2.75) is 31.5 Å². The fraction of sp³-hybridized carbons (Fsp3) is 0.333. The van der Waals surface area contributed by atoms with Gasteiger partial charge in [0.2, 0.25) is 5.96 Å². The summed E-state index contributed by atoms with van der Waals surface area (Å²) in [6.07, 6.45) is 3.06. The van der Waals surface area contributed by atoms with Crippen molar-refractivity contribution in [3.63, 3.8) is 0 Å². The number of aliphatic imine (C=N–C) groups is 2. The van der Waals surface area contributed by atoms with Crippen LogP contribution in [0.4, 0.5) is 0 Å². The van der Waals surface area contributed by atoms with E-state index in [9.17, 15) is 24.6 Å². The Labute approximate surface area is 254 Å². The van der Waals surface area contributed by atoms with Crippen LogP contribution in [0.15, 0.2) is 40.4 Å². The van der Waals surface area contributed by atoms with E-state index in [1.54, 1.807) is 22.1 Å². The zero-order valence-electron chi connectivity index (χ0n) is 22.2. The summed E-state index contributed by atoms with van der Waals surface area (Å²) in [7, 11) is 0. The molecule has 2 aliphatic rings. The molecule has 15 heteroatoms. The van der Waals surface area contributed by atoms with E-state index in [0.29, 0.717) is 41.9 Å². The maximum atomic E-state index is 13.2. The number of likely N-dealkylation sites (tertiary alicyclic amines) is 1. The summed E-state index contributed by atoms with van der Waals surface area (Å²) in [4.78, 5) is 55.7. The summed E-state index contributed by atoms with van der Waals surface area (Å²) >= 11 is 14.5. The number of fused-ring (bicyclic) bond motifs is 2. The fourth-order valence-electron chi connectivity index (χ4n) is 4.97. The highest BCUT2D eigenvalue weighted by molar-refractivity contribution is 7.20. The van der Waals surface area contributed by atoms with Gasteiger partial charge in [-0.2, -0.15) is 0 Å². The standard InChI is InChI=1S/C27H27Cl2N7O5S/c28-18-8-15-11-35(25(39)20-9-14-2-1-5-31-24(14)42-20)7-4-17(15)22(29)21(18)23(38)34-19(26(40)41)10-32-27(33-13-30)36-6-3-16(37)12-36/h1-2,5,8-9,13,16,19,37H,3-4,6-7,10-12H2,(H,34,38)(H,40,41)(H2,30,32,33)/t16-,19-/m0/s1. The lowest BCUT2D eigenvalue weighted by Crippen LogP contribution is -2.44. The predicted molar refractivity (Wildman–Crippen MR) is 161 cm³/mol. The van der Waals surface area contributed by atoms with Crippen LogP contribution >= 0.6 is 34.5 Å². The van der Waals surface area contributed by atoms with Gasteiger partial charge in [0.05, 0.1) is 39.5 Å². The number of benzene rings is 1. The van der Waals surface area contributed by atoms with E-state index in [2.05, 4.69) is 20.3 Å². The molecule has 5 rings (SSSR count). The zero-order chi connectivity index (χ0) is 30.0. The number of carboxylic acid groups (broad SMARTS) is 1. The largest absolute Gasteiger partial charge is 0.480 e. The molecule has 0 radical (unpaired) electrons. The monoisotopic (exact) mass is 631 g/mol. The first-order chi connectivity index (χ1) is 20.2. The van der Waals surface area contributed by atoms with Gasteiger partial charge in [-0.15, -0.1) is 11.3 Å². The van der Waals surface area contributed by atoms with Crippen LogP contribution in [0.2, 0.25) is 10.0 Å². The van der Waals surface area contributed by atoms with Gasteiger partial charge < -0.3 is 31.1 Å². The maximum absolute atomic E-state index is 13.2. The van der Waals surface area contributed by atoms with Crippen LogP contribution in [-0.2, 0) is 17.8 Å². The molecule has 0 spiro atoms. The minimum absolute atomic E-state index is 0.0312. The molecule has 1 aromatic carbocycles. The van der Waals surface area contributed by atoms with Crippen molar-refractivity contribution in [2.75, 3.05) is 26.2 Å². The van der Waals surface area contributed by atoms with Gasteiger partial charge in [0.1, 0.15) is 10.9 Å². The van der Waals surface area contributed by atoms with Crippen molar-refractivity contribution in [1.29, 1.82) is 0 Å². The van der Waals surface area contributed by atoms with E-state index in [-0.39, 0.29) is 47.1 Å². The van der Waals surface area contributed by atoms with E-state index >= 15 is 0 Å². The second-order valence-electron chi connectivity index (χ2n) is 9.84. The average molecular weight is 633 g/mol. The number of rotatable bonds is 6. The summed E-state index contributed by atoms with van der Waals surface area (Å²) < 4.78 is 0. The molecule has 42 heavy (non-hydrogen) atoms. The number of carboxylic acids is 1. The summed E-state index contributed by atoms with van der Waals surface area (Å²) in [6.45, 7) is 1.04. The number of nitrogens with two attached hydrogens (primary N) is 1. The Hall–Kier alpha value is -3.78. The first-order valence-electron chi connectivity index (χ1n) is 13.0. The van der Waals surface area contributed by atoms with Crippen molar-refractivity contribution in [2.24, 2.45) is 15.7 Å². The molecule has 4 heterocycles. The number of aliphatic hydroxyl groups is 1. The second kappa shape index (κ2) is 12.6. The third-order valence-corrected chi connectivity index (χ3v) is 8.84. The van der Waals surface area contributed by atoms with Crippen LogP contribution in [0.5, 0.6) is 0 Å². The summed E-state index contributed by atoms with van der Waals surface area (Å²) in [5.74, 6) is -2.07. The lowest BCUT2D eigenvalue weighted by molar-refractivity contribution is -0.138. The molecule has 12 nitrogen and oxygen atoms in total. The first-order valence-corrected chi connectivity index (χ1v) is 14.6. The lowest BCUT2D eigenvalue weighted by Gasteiger charge is -2.30. The van der Waals surface area contributed by atoms with E-state index in [4.69, 9.17) is 28.9 Å². The topological polar surface area (TPSA) is 174 Å². The fourth-order valence-corrected chi connectivity index (χ4v) is 6.70. The normalized spacial score (nSPS) is 18.0. The number of hydrogen-bond acceptors (Lipinski definition) is 7. The van der Waals surface area contributed by atoms with Gasteiger partial charge in [0.15, 0.2) is 0 Å². The number of amides is 2. The number of thiophene rings is 1. The number of aliphatic hydroxyl groups excluding tert-OH is 1. The van der Waals surface area contributed by atoms with Crippen LogP contribution in [0, 0.1) is 0 Å². The number of nitrogens with one attached hydrogen (secondary N) is 1. The van der Waals surface area contributed by atoms with Crippen LogP contribution in [0.3, 0.4) is 0 Å². The van der Waals surface area contributed by atoms with Gasteiger partial charge in [0.25, 0.3) is 11.8 Å². The third-order valence-electron chi connectivity index (χ3n) is 7.08. The molecule has 2 atom stereocenters. The molecule has 0 aliphatic carbocycles. The molecule has 0 saturated carbocycles. The zero-order valence-corrected chi connectivity index (χ0v) is 24.5. The van der Waals surface area contributed by atoms with Crippen molar-refractivity contribution < 1.29 is 24.6 Å². The predicted octanol–water partition coefficient (Wildman–Crippen LogP) is 2.39. The highest BCUT2D eigenvalue weighted by atomic mass is 35.5. The number of carbonyl (C=O) groups excluding carboxylic acids is 2. The number of hydrogen-bond donors (Lipinski definition) is 4. The molecule has 2 aromatic heterocycles. The smallest absolute Gasteiger partial charge is 0.328 e. The van der Waals surface area contributed by atoms with E-state index in [1.165, 1.54) is 11.3 Å². The van der Waals surface area contributed by atoms with Gasteiger partial charge in [-0.1, -0.05) is 29.3 Å². The van der Waals surface area contributed by atoms with E-state index in [1.807, 2.05) is 18.2 Å². The van der Waals surface area contributed by atoms with Crippen LogP contribution in [-0.4, -0.2) is 93.4 Å². The van der Waals surface area contributed by atoms with Crippen molar-refractivity contribution in [3.8, 4) is 0 Å². The molecular weight excluding hydrogens is 605 g/mol. The SMILES string of the molecule is NC=NC(=NC[C@H](NC(=O)c1c(Cl)cc2c(c1Cl)CCN(C(=O)c1cc3cccnc3s1)C2)C(=O)O)N1CC[C@H](O)C1. The van der Waals surface area contributed by atoms with Crippen LogP contribution in [0.25, 0.3) is 10.2 Å². The van der Waals surface area contributed by atoms with Gasteiger partial charge in [-0.05, 0) is 42.2 Å². The summed E-state index contributed by atoms with van der Waals surface area (Å²) in [6, 6.07) is 5.71. The highest BCUT2D eigenvalue weighted by Crippen LogP contribution is 2.35. The molecule has 2 aliphatic heterocycles. The Morgan fingerprint density at radius 1 is 1.26 bits per heavy atom. The average Bonchev–Trinajstić information content (AvgIpc) is 3.60. The van der Waals surface area contributed by atoms with Crippen LogP contribution in [0.1, 0.15) is 37.6 Å². The Bertz CT molecular complexity index is 1580. The molecule has 1 fully saturated rings. The number of pyridine rings is 1. The van der Waals surface area contributed by atoms with Crippen LogP contribution < -0.4 is 11.1 Å². The van der Waals surface area contributed by atoms with Crippen molar-refractivity contribution in [3.05, 3.63) is 62.1 Å². The Morgan fingerprint density at radius 3 is 2.76 bits per heavy atom. The van der Waals surface area contributed by atoms with Gasteiger partial charge in [0, 0.05) is 37.8 Å². The minimum atomic E-state index is -1.42. The molecule has 0 unspecified atom stereocenters. The van der Waals surface area contributed by atoms with Gasteiger partial charge in [-0.25, -0.2) is 19.8 Å². The van der Waals surface area contributed by atoms with Crippen molar-refractivity contribution >= 4 is 74.8 Å². The number of β-amino-alcohol motifs (C(OH)–C–C–N with tert-alkyl or cyclic N) is 1. The first kappa shape index (κ1) is 29.7. The summed E-state index contributed by atoms with van der Waals surface area (Å²) in [5, 5.41) is 23.1. The molecule has 0 bridgehead atoms. The maximum Gasteiger partial charge on any atom is 0.328 e. The number of carbonyl (C=O) groups is 3. The number of aliphatic carboxylic acids is 1. The molecule has 5 N–H and O–H groups in total. The van der Waals surface area contributed by atoms with E-state index < -0.39 is 24.0 Å². The number of guanidine groups is 1. The summed E-state index contributed by atoms with van der Waals surface area (Å²) in [5.41, 5.74) is 6.74. The number of aromatic nitrogens is 1. The quantitative estimate of drug-likeness (QED) is 0.237. The molecular formula is C27H27Cl2N7O5S. The minimum Gasteiger partial charge on any atom is -0.480 e. The third kappa shape index (κ3) is 6.19. The Morgan fingerprint density at radius 2 is 2.07 bits per heavy atom. The van der Waals surface area contributed by atoms with Gasteiger partial charge in [-0.3, -0.25) is 9.59 Å². The van der Waals surface area contributed by atoms with E-state index in [0.717, 1.165) is 16.6 Å².